The molecular formula is C65H85ClF4N4O18. The van der Waals surface area contributed by atoms with Crippen molar-refractivity contribution in [3.05, 3.63) is 144 Å². The van der Waals surface area contributed by atoms with E-state index in [0.717, 1.165) is 16.7 Å². The standard InChI is InChI=1S/C48H56F2N2O9.C17H28F2N2O9.ClH/c1-5-41-33(3)42(57-28-35-18-10-6-11-19-35)43(58-29-36-20-12-7-13-21-36)44(61-41)48(49,50)27-39(52-47(56)60-31-38-24-16-9-17-25-38)40(53)26-32(2)45(54)51-34(4)46(55)59-30-37-22-14-8-15-23-37;1-6(15(27)21-7(2)16(28)29)3-9(23)8(20)4-17(18,19)14-13(26)12(25)11(24)10(5-22)30-14;/h6-25,32-34,39,41-44H,5,26-31H2,1-4H3,(H,51,54)(H,52,56);6-8,10-14,22,24-26H,3-5,20H2,1-2H3,(H,21,27)(H,28,29);1H/t32-,33+,34+,39?,41-,42+,43-,44-;6-,7+,8?,10-,11+,12+,13-,14-;/m11./s1. The lowest BCUT2D eigenvalue weighted by atomic mass is 9.83. The fourth-order valence-corrected chi connectivity index (χ4v) is 10.2. The highest BCUT2D eigenvalue weighted by Gasteiger charge is 2.58. The molecule has 3 amide bonds. The second kappa shape index (κ2) is 37.1. The summed E-state index contributed by atoms with van der Waals surface area (Å²) in [5, 5.41) is 54.1. The number of halogens is 5. The number of benzene rings is 4. The minimum absolute atomic E-state index is 0. The summed E-state index contributed by atoms with van der Waals surface area (Å²) in [4.78, 5) is 88.0. The van der Waals surface area contributed by atoms with Crippen molar-refractivity contribution in [3.63, 3.8) is 0 Å². The highest BCUT2D eigenvalue weighted by molar-refractivity contribution is 5.93. The lowest BCUT2D eigenvalue weighted by molar-refractivity contribution is -0.416. The molecule has 22 nitrogen and oxygen atoms in total. The number of Topliss-reactive ketones (excluding diaryl/α,β-unsaturated/α-hetero) is 2. The number of alkyl carbamates (subject to hydrolysis) is 1. The number of hydrogen-bond acceptors (Lipinski definition) is 17. The van der Waals surface area contributed by atoms with Crippen LogP contribution in [-0.4, -0.2) is 165 Å². The zero-order valence-corrected chi connectivity index (χ0v) is 52.8. The fraction of sp³-hybridized carbons (Fsp3) is 0.523. The predicted molar refractivity (Wildman–Crippen MR) is 318 cm³/mol. The molecule has 4 aromatic rings. The van der Waals surface area contributed by atoms with Crippen molar-refractivity contribution in [2.45, 2.75) is 191 Å². The Morgan fingerprint density at radius 2 is 0.989 bits per heavy atom. The van der Waals surface area contributed by atoms with Gasteiger partial charge in [-0.1, -0.05) is 149 Å². The molecule has 0 aromatic heterocycles. The molecule has 92 heavy (non-hydrogen) atoms. The molecule has 508 valence electrons. The van der Waals surface area contributed by atoms with Crippen LogP contribution < -0.4 is 34.1 Å². The summed E-state index contributed by atoms with van der Waals surface area (Å²) < 4.78 is 98.1. The van der Waals surface area contributed by atoms with Gasteiger partial charge in [0.25, 0.3) is 11.8 Å². The fourth-order valence-electron chi connectivity index (χ4n) is 10.2. The highest BCUT2D eigenvalue weighted by Crippen LogP contribution is 2.42. The van der Waals surface area contributed by atoms with Gasteiger partial charge >= 0.3 is 18.0 Å². The van der Waals surface area contributed by atoms with Gasteiger partial charge in [-0.05, 0) is 42.5 Å². The zero-order chi connectivity index (χ0) is 67.2. The van der Waals surface area contributed by atoms with Gasteiger partial charge in [-0.25, -0.2) is 27.2 Å². The Morgan fingerprint density at radius 1 is 0.565 bits per heavy atom. The van der Waals surface area contributed by atoms with Gasteiger partial charge in [0.05, 0.1) is 44.5 Å². The van der Waals surface area contributed by atoms with Crippen LogP contribution in [0, 0.1) is 17.8 Å². The number of ether oxygens (including phenoxy) is 6. The van der Waals surface area contributed by atoms with Crippen LogP contribution in [0.15, 0.2) is 121 Å². The first-order valence-electron chi connectivity index (χ1n) is 30.0. The van der Waals surface area contributed by atoms with E-state index in [1.54, 1.807) is 54.6 Å². The van der Waals surface area contributed by atoms with Gasteiger partial charge in [0.2, 0.25) is 11.8 Å². The van der Waals surface area contributed by atoms with Crippen molar-refractivity contribution in [1.29, 1.82) is 0 Å². The van der Waals surface area contributed by atoms with Crippen molar-refractivity contribution in [3.8, 4) is 0 Å². The number of carbonyl (C=O) groups excluding carboxylic acids is 6. The largest absolute Gasteiger partial charge is 1.00 e. The second-order valence-electron chi connectivity index (χ2n) is 23.1. The number of aliphatic hydroxyl groups excluding tert-OH is 4. The van der Waals surface area contributed by atoms with Crippen molar-refractivity contribution in [2.24, 2.45) is 17.8 Å². The minimum Gasteiger partial charge on any atom is -1.00 e. The molecule has 16 atom stereocenters. The first-order chi connectivity index (χ1) is 43.1. The average Bonchev–Trinajstić information content (AvgIpc) is 0.788. The zero-order valence-electron chi connectivity index (χ0n) is 52.0. The molecule has 2 unspecified atom stereocenters. The summed E-state index contributed by atoms with van der Waals surface area (Å²) in [5.74, 6) is -15.1. The van der Waals surface area contributed by atoms with Gasteiger partial charge < -0.3 is 88.0 Å². The normalized spacial score (nSPS) is 23.4. The lowest BCUT2D eigenvalue weighted by Gasteiger charge is -2.48. The van der Waals surface area contributed by atoms with Crippen molar-refractivity contribution in [1.82, 2.24) is 16.0 Å². The predicted octanol–water partition coefficient (Wildman–Crippen LogP) is 1.79. The highest BCUT2D eigenvalue weighted by atomic mass is 35.5. The summed E-state index contributed by atoms with van der Waals surface area (Å²) in [6.07, 6.45) is -18.6. The third-order valence-electron chi connectivity index (χ3n) is 15.7. The number of nitrogens with one attached hydrogen (secondary N) is 3. The first kappa shape index (κ1) is 77.5. The van der Waals surface area contributed by atoms with E-state index in [1.807, 2.05) is 80.6 Å². The van der Waals surface area contributed by atoms with Crippen molar-refractivity contribution < 1.29 is 123 Å². The number of alkyl halides is 4. The Balaban J connectivity index is 0.000000490. The molecule has 2 fully saturated rings. The van der Waals surface area contributed by atoms with E-state index in [0.29, 0.717) is 12.0 Å². The Hall–Kier alpha value is -6.98. The number of aliphatic hydroxyl groups is 4. The topological polar surface area (TPSA) is 340 Å². The van der Waals surface area contributed by atoms with Crippen LogP contribution in [0.2, 0.25) is 0 Å². The monoisotopic (exact) mass is 1320 g/mol. The molecule has 2 heterocycles. The third kappa shape index (κ3) is 23.2. The van der Waals surface area contributed by atoms with E-state index in [-0.39, 0.29) is 44.8 Å². The molecule has 27 heteroatoms. The Morgan fingerprint density at radius 3 is 1.46 bits per heavy atom. The van der Waals surface area contributed by atoms with Crippen LogP contribution >= 0.6 is 0 Å². The lowest BCUT2D eigenvalue weighted by Crippen LogP contribution is -3.00. The minimum atomic E-state index is -3.86. The summed E-state index contributed by atoms with van der Waals surface area (Å²) in [6.45, 7) is 8.17. The summed E-state index contributed by atoms with van der Waals surface area (Å²) in [7, 11) is 0. The molecule has 2 aliphatic rings. The van der Waals surface area contributed by atoms with E-state index in [9.17, 15) is 57.7 Å². The van der Waals surface area contributed by atoms with Crippen LogP contribution in [0.1, 0.15) is 95.9 Å². The summed E-state index contributed by atoms with van der Waals surface area (Å²) in [6, 6.07) is 30.6. The number of carbonyl (C=O) groups is 7. The smallest absolute Gasteiger partial charge is 0.408 e. The second-order valence-corrected chi connectivity index (χ2v) is 23.1. The summed E-state index contributed by atoms with van der Waals surface area (Å²) in [5.41, 5.74) is 6.36. The van der Waals surface area contributed by atoms with Gasteiger partial charge in [0.1, 0.15) is 68.0 Å². The van der Waals surface area contributed by atoms with Crippen LogP contribution in [-0.2, 0) is 83.6 Å². The molecule has 0 saturated carbocycles. The Labute approximate surface area is 537 Å². The number of esters is 1. The van der Waals surface area contributed by atoms with Crippen molar-refractivity contribution >= 4 is 41.4 Å². The molecule has 2 saturated heterocycles. The quantitative estimate of drug-likeness (QED) is 0.0256. The number of hydrogen-bond donors (Lipinski definition) is 9. The maximum absolute atomic E-state index is 17.2. The van der Waals surface area contributed by atoms with Crippen LogP contribution in [0.25, 0.3) is 0 Å². The maximum Gasteiger partial charge on any atom is 0.408 e. The van der Waals surface area contributed by atoms with Gasteiger partial charge in [-0.3, -0.25) is 24.0 Å². The van der Waals surface area contributed by atoms with E-state index in [1.165, 1.54) is 27.7 Å². The van der Waals surface area contributed by atoms with Gasteiger partial charge in [0.15, 0.2) is 17.7 Å². The molecule has 11 N–H and O–H groups in total. The SMILES string of the molecule is CC[C@H]1O[C@@H](C(F)(F)CC(NC(=O)OCc2ccccc2)C(=O)C[C@@H](C)C(=O)N[C@@H](C)C(=O)OCc2ccccc2)[C@H](OCc2ccccc2)[C@@H](OCc2ccccc2)[C@H]1C.C[C@H](CC(=O)C([NH3+])CC(F)(F)[C@@H]1O[C@H](CO)[C@H](O)[C@H](O)[C@H]1O)C(=O)N[C@@H](C)C(=O)O.[Cl-]. The molecular weight excluding hydrogens is 1240 g/mol. The number of carboxylic acid groups (broad SMARTS) is 1. The Kier molecular flexibility index (Phi) is 31.2. The van der Waals surface area contributed by atoms with Crippen LogP contribution in [0.4, 0.5) is 22.4 Å². The first-order valence-corrected chi connectivity index (χ1v) is 30.0. The van der Waals surface area contributed by atoms with Crippen LogP contribution in [0.3, 0.4) is 0 Å². The number of rotatable bonds is 31. The maximum atomic E-state index is 17.2. The van der Waals surface area contributed by atoms with E-state index in [4.69, 9.17) is 38.6 Å². The Bertz CT molecular complexity index is 2950. The molecule has 6 rings (SSSR count). The van der Waals surface area contributed by atoms with Crippen molar-refractivity contribution in [2.75, 3.05) is 6.61 Å². The summed E-state index contributed by atoms with van der Waals surface area (Å²) >= 11 is 0. The molecule has 0 spiro atoms. The molecule has 0 radical (unpaired) electrons. The molecule has 2 aliphatic heterocycles. The molecule has 0 bridgehead atoms. The average molecular weight is 1320 g/mol. The number of amides is 3. The van der Waals surface area contributed by atoms with Crippen LogP contribution in [0.5, 0.6) is 0 Å². The molecule has 4 aromatic carbocycles. The van der Waals surface area contributed by atoms with Gasteiger partial charge in [0, 0.05) is 37.0 Å². The number of ketones is 2. The van der Waals surface area contributed by atoms with E-state index >= 15 is 8.78 Å². The van der Waals surface area contributed by atoms with Gasteiger partial charge in [-0.2, -0.15) is 0 Å². The number of quaternary nitrogens is 1. The number of carboxylic acids is 1. The van der Waals surface area contributed by atoms with Gasteiger partial charge in [-0.15, -0.1) is 0 Å². The van der Waals surface area contributed by atoms with E-state index in [2.05, 4.69) is 21.7 Å². The third-order valence-corrected chi connectivity index (χ3v) is 15.7. The van der Waals surface area contributed by atoms with E-state index < -0.39 is 176 Å². The number of aliphatic carboxylic acids is 1. The molecule has 0 aliphatic carbocycles.